The van der Waals surface area contributed by atoms with Crippen molar-refractivity contribution in [1.29, 1.82) is 0 Å². The van der Waals surface area contributed by atoms with Crippen molar-refractivity contribution in [1.82, 2.24) is 14.8 Å². The molecule has 2 heterocycles. The number of para-hydroxylation sites is 1. The number of aromatic nitrogens is 3. The standard InChI is InChI=1S/C21H17ClF3N3O5/c1-31-13-8-3-5-10(17(13)32-2)18-16-11(22)6-4-7-12(16)28-19(14(33-18)9-15(29)30)26-27-20(28)21(23,24)25/h3-8,14,18H,9H2,1-2H3,(H,29,30). The summed E-state index contributed by atoms with van der Waals surface area (Å²) >= 11 is 6.48. The maximum Gasteiger partial charge on any atom is 0.452 e. The van der Waals surface area contributed by atoms with Gasteiger partial charge in [-0.05, 0) is 18.2 Å². The van der Waals surface area contributed by atoms with Gasteiger partial charge in [-0.2, -0.15) is 13.2 Å². The van der Waals surface area contributed by atoms with E-state index >= 15 is 0 Å². The smallest absolute Gasteiger partial charge is 0.452 e. The van der Waals surface area contributed by atoms with Crippen LogP contribution in [0, 0.1) is 0 Å². The second-order valence-corrected chi connectivity index (χ2v) is 7.48. The highest BCUT2D eigenvalue weighted by atomic mass is 35.5. The Bertz CT molecular complexity index is 1210. The van der Waals surface area contributed by atoms with Crippen molar-refractivity contribution in [2.24, 2.45) is 0 Å². The van der Waals surface area contributed by atoms with Crippen LogP contribution in [0.5, 0.6) is 11.5 Å². The molecule has 8 nitrogen and oxygen atoms in total. The summed E-state index contributed by atoms with van der Waals surface area (Å²) in [7, 11) is 2.83. The average molecular weight is 484 g/mol. The van der Waals surface area contributed by atoms with E-state index < -0.39 is 36.6 Å². The van der Waals surface area contributed by atoms with Gasteiger partial charge in [-0.15, -0.1) is 10.2 Å². The lowest BCUT2D eigenvalue weighted by Gasteiger charge is -2.25. The Morgan fingerprint density at radius 3 is 2.55 bits per heavy atom. The first-order valence-electron chi connectivity index (χ1n) is 9.56. The van der Waals surface area contributed by atoms with Crippen LogP contribution < -0.4 is 9.47 Å². The number of carbonyl (C=O) groups is 1. The van der Waals surface area contributed by atoms with Crippen LogP contribution in [-0.2, 0) is 15.7 Å². The number of aliphatic carboxylic acids is 1. The van der Waals surface area contributed by atoms with E-state index in [1.165, 1.54) is 32.4 Å². The zero-order valence-electron chi connectivity index (χ0n) is 17.3. The first-order chi connectivity index (χ1) is 15.7. The molecule has 0 saturated carbocycles. The van der Waals surface area contributed by atoms with Gasteiger partial charge in [0.25, 0.3) is 0 Å². The summed E-state index contributed by atoms with van der Waals surface area (Å²) in [4.78, 5) is 11.6. The van der Waals surface area contributed by atoms with Gasteiger partial charge in [0.15, 0.2) is 17.3 Å². The number of hydrogen-bond donors (Lipinski definition) is 1. The molecule has 4 rings (SSSR count). The van der Waals surface area contributed by atoms with Crippen molar-refractivity contribution in [3.63, 3.8) is 0 Å². The molecular formula is C21H17ClF3N3O5. The van der Waals surface area contributed by atoms with E-state index in [0.717, 1.165) is 4.57 Å². The van der Waals surface area contributed by atoms with Crippen molar-refractivity contribution in [2.45, 2.75) is 24.8 Å². The molecule has 1 N–H and O–H groups in total. The quantitative estimate of drug-likeness (QED) is 0.567. The Balaban J connectivity index is 2.05. The molecule has 0 saturated heterocycles. The topological polar surface area (TPSA) is 95.7 Å². The van der Waals surface area contributed by atoms with E-state index in [9.17, 15) is 23.1 Å². The third-order valence-corrected chi connectivity index (χ3v) is 5.47. The number of benzene rings is 2. The summed E-state index contributed by atoms with van der Waals surface area (Å²) in [5.41, 5.74) is 0.566. The molecule has 2 atom stereocenters. The van der Waals surface area contributed by atoms with Gasteiger partial charge in [0.1, 0.15) is 12.2 Å². The van der Waals surface area contributed by atoms with Crippen molar-refractivity contribution in [3.8, 4) is 17.2 Å². The summed E-state index contributed by atoms with van der Waals surface area (Å²) in [5, 5.41) is 16.5. The molecular weight excluding hydrogens is 467 g/mol. The van der Waals surface area contributed by atoms with Crippen LogP contribution in [0.15, 0.2) is 36.4 Å². The summed E-state index contributed by atoms with van der Waals surface area (Å²) in [6.45, 7) is 0. The fourth-order valence-electron chi connectivity index (χ4n) is 3.84. The van der Waals surface area contributed by atoms with Gasteiger partial charge in [-0.1, -0.05) is 29.8 Å². The Labute approximate surface area is 190 Å². The molecule has 0 aliphatic carbocycles. The maximum absolute atomic E-state index is 13.8. The van der Waals surface area contributed by atoms with Gasteiger partial charge in [-0.3, -0.25) is 9.36 Å². The van der Waals surface area contributed by atoms with Gasteiger partial charge >= 0.3 is 12.1 Å². The fraction of sp³-hybridized carbons (Fsp3) is 0.286. The lowest BCUT2D eigenvalue weighted by atomic mass is 9.98. The number of carboxylic acids is 1. The molecule has 0 amide bonds. The molecule has 33 heavy (non-hydrogen) atoms. The molecule has 174 valence electrons. The second kappa shape index (κ2) is 8.56. The van der Waals surface area contributed by atoms with Crippen LogP contribution in [0.25, 0.3) is 5.69 Å². The number of rotatable bonds is 5. The molecule has 1 aliphatic rings. The van der Waals surface area contributed by atoms with Gasteiger partial charge in [-0.25, -0.2) is 0 Å². The Hall–Kier alpha value is -3.31. The van der Waals surface area contributed by atoms with Crippen molar-refractivity contribution in [3.05, 3.63) is 64.2 Å². The van der Waals surface area contributed by atoms with Gasteiger partial charge in [0.05, 0.1) is 26.3 Å². The molecule has 2 unspecified atom stereocenters. The lowest BCUT2D eigenvalue weighted by molar-refractivity contribution is -0.146. The summed E-state index contributed by atoms with van der Waals surface area (Å²) in [6, 6.07) is 9.30. The summed E-state index contributed by atoms with van der Waals surface area (Å²) in [5.74, 6) is -2.31. The molecule has 12 heteroatoms. The second-order valence-electron chi connectivity index (χ2n) is 7.07. The van der Waals surface area contributed by atoms with Crippen molar-refractivity contribution < 1.29 is 37.3 Å². The Morgan fingerprint density at radius 1 is 1.18 bits per heavy atom. The Kier molecular flexibility index (Phi) is 5.93. The summed E-state index contributed by atoms with van der Waals surface area (Å²) in [6.07, 6.45) is -8.02. The molecule has 3 aromatic rings. The van der Waals surface area contributed by atoms with E-state index in [4.69, 9.17) is 25.8 Å². The minimum atomic E-state index is -4.87. The van der Waals surface area contributed by atoms with E-state index in [0.29, 0.717) is 11.3 Å². The van der Waals surface area contributed by atoms with Gasteiger partial charge in [0, 0.05) is 16.1 Å². The van der Waals surface area contributed by atoms with E-state index in [1.807, 2.05) is 0 Å². The molecule has 1 aromatic heterocycles. The predicted octanol–water partition coefficient (Wildman–Crippen LogP) is 4.59. The SMILES string of the molecule is COc1cccc(C2OC(CC(=O)O)c3nnc(C(F)(F)F)n3-c3cccc(Cl)c32)c1OC. The molecule has 0 bridgehead atoms. The molecule has 0 spiro atoms. The van der Waals surface area contributed by atoms with Crippen LogP contribution in [-0.4, -0.2) is 40.1 Å². The van der Waals surface area contributed by atoms with E-state index in [2.05, 4.69) is 10.2 Å². The van der Waals surface area contributed by atoms with Crippen LogP contribution >= 0.6 is 11.6 Å². The third-order valence-electron chi connectivity index (χ3n) is 5.14. The van der Waals surface area contributed by atoms with Crippen molar-refractivity contribution in [2.75, 3.05) is 14.2 Å². The number of ether oxygens (including phenoxy) is 3. The largest absolute Gasteiger partial charge is 0.493 e. The van der Waals surface area contributed by atoms with Gasteiger partial charge in [0.2, 0.25) is 5.82 Å². The number of methoxy groups -OCH3 is 2. The number of alkyl halides is 3. The molecule has 1 aliphatic heterocycles. The first kappa shape index (κ1) is 22.9. The highest BCUT2D eigenvalue weighted by Crippen LogP contribution is 2.48. The number of halogens is 4. The van der Waals surface area contributed by atoms with Crippen LogP contribution in [0.3, 0.4) is 0 Å². The molecule has 2 aromatic carbocycles. The summed E-state index contributed by atoms with van der Waals surface area (Å²) < 4.78 is 59.1. The normalized spacial score (nSPS) is 17.6. The molecule has 0 radical (unpaired) electrons. The fourth-order valence-corrected chi connectivity index (χ4v) is 4.11. The zero-order chi connectivity index (χ0) is 23.9. The van der Waals surface area contributed by atoms with Crippen LogP contribution in [0.1, 0.15) is 41.4 Å². The van der Waals surface area contributed by atoms with E-state index in [1.54, 1.807) is 18.2 Å². The minimum absolute atomic E-state index is 0.0117. The zero-order valence-corrected chi connectivity index (χ0v) is 18.0. The number of hydrogen-bond acceptors (Lipinski definition) is 6. The highest BCUT2D eigenvalue weighted by Gasteiger charge is 2.44. The van der Waals surface area contributed by atoms with Gasteiger partial charge < -0.3 is 19.3 Å². The average Bonchev–Trinajstić information content (AvgIpc) is 3.16. The monoisotopic (exact) mass is 483 g/mol. The maximum atomic E-state index is 13.8. The molecule has 0 fully saturated rings. The van der Waals surface area contributed by atoms with Crippen LogP contribution in [0.4, 0.5) is 13.2 Å². The third kappa shape index (κ3) is 3.98. The first-order valence-corrected chi connectivity index (χ1v) is 9.94. The number of fused-ring (bicyclic) bond motifs is 3. The number of carboxylic acid groups (broad SMARTS) is 1. The van der Waals surface area contributed by atoms with Crippen molar-refractivity contribution >= 4 is 17.6 Å². The predicted molar refractivity (Wildman–Crippen MR) is 109 cm³/mol. The number of nitrogens with zero attached hydrogens (tertiary/aromatic N) is 3. The highest BCUT2D eigenvalue weighted by molar-refractivity contribution is 6.31. The lowest BCUT2D eigenvalue weighted by Crippen LogP contribution is -2.17. The van der Waals surface area contributed by atoms with Crippen LogP contribution in [0.2, 0.25) is 5.02 Å². The Morgan fingerprint density at radius 2 is 1.91 bits per heavy atom. The van der Waals surface area contributed by atoms with E-state index in [-0.39, 0.29) is 27.8 Å². The minimum Gasteiger partial charge on any atom is -0.493 e.